The number of nitrogens with one attached hydrogen (secondary N) is 1. The smallest absolute Gasteiger partial charge is 0.345 e. The summed E-state index contributed by atoms with van der Waals surface area (Å²) in [5.41, 5.74) is 5.81. The lowest BCUT2D eigenvalue weighted by Gasteiger charge is -2.02. The molecule has 1 saturated carbocycles. The summed E-state index contributed by atoms with van der Waals surface area (Å²) < 4.78 is 5.69. The second kappa shape index (κ2) is 4.55. The van der Waals surface area contributed by atoms with Crippen molar-refractivity contribution in [3.63, 3.8) is 0 Å². The molecule has 0 atom stereocenters. The van der Waals surface area contributed by atoms with Crippen molar-refractivity contribution in [1.82, 2.24) is 9.78 Å². The summed E-state index contributed by atoms with van der Waals surface area (Å²) in [5, 5.41) is 15.8. The van der Waals surface area contributed by atoms with Gasteiger partial charge in [-0.1, -0.05) is 0 Å². The van der Waals surface area contributed by atoms with E-state index >= 15 is 0 Å². The molecule has 18 heavy (non-hydrogen) atoms. The topological polar surface area (TPSA) is 119 Å². The lowest BCUT2D eigenvalue weighted by molar-refractivity contribution is -0.137. The van der Waals surface area contributed by atoms with Crippen LogP contribution in [0.3, 0.4) is 0 Å². The van der Waals surface area contributed by atoms with Crippen LogP contribution in [0.1, 0.15) is 23.2 Å². The largest absolute Gasteiger partial charge is 0.480 e. The molecule has 98 valence electrons. The zero-order valence-electron chi connectivity index (χ0n) is 9.84. The highest BCUT2D eigenvalue weighted by atomic mass is 16.5. The van der Waals surface area contributed by atoms with Crippen LogP contribution in [0, 0.1) is 0 Å². The summed E-state index contributed by atoms with van der Waals surface area (Å²) in [6, 6.07) is 0.265. The summed E-state index contributed by atoms with van der Waals surface area (Å²) in [6.07, 6.45) is 1.98. The average Bonchev–Trinajstić information content (AvgIpc) is 3.05. The molecule has 1 aliphatic carbocycles. The van der Waals surface area contributed by atoms with Crippen LogP contribution in [0.15, 0.2) is 0 Å². The Bertz CT molecular complexity index is 492. The Morgan fingerprint density at radius 2 is 2.28 bits per heavy atom. The molecule has 0 aliphatic heterocycles. The van der Waals surface area contributed by atoms with Gasteiger partial charge < -0.3 is 20.9 Å². The Morgan fingerprint density at radius 3 is 2.78 bits per heavy atom. The number of carbonyl (C=O) groups excluding carboxylic acids is 1. The van der Waals surface area contributed by atoms with E-state index in [0.717, 1.165) is 17.5 Å². The van der Waals surface area contributed by atoms with Gasteiger partial charge in [-0.15, -0.1) is 0 Å². The highest BCUT2D eigenvalue weighted by Gasteiger charge is 2.28. The number of nitrogens with zero attached hydrogens (tertiary/aromatic N) is 2. The normalized spacial score (nSPS) is 14.3. The number of rotatable bonds is 5. The minimum absolute atomic E-state index is 0.00704. The van der Waals surface area contributed by atoms with Gasteiger partial charge in [-0.25, -0.2) is 9.48 Å². The number of anilines is 2. The van der Waals surface area contributed by atoms with Gasteiger partial charge in [-0.2, -0.15) is 5.10 Å². The molecule has 0 unspecified atom stereocenters. The van der Waals surface area contributed by atoms with Crippen LogP contribution in [0.5, 0.6) is 0 Å². The Kier molecular flexibility index (Phi) is 3.09. The number of aromatic nitrogens is 2. The molecule has 0 radical (unpaired) electrons. The summed E-state index contributed by atoms with van der Waals surface area (Å²) >= 11 is 0. The number of hydrogen-bond donors (Lipinski definition) is 3. The lowest BCUT2D eigenvalue weighted by atomic mass is 10.3. The van der Waals surface area contributed by atoms with Gasteiger partial charge in [0.05, 0.1) is 7.11 Å². The van der Waals surface area contributed by atoms with Crippen molar-refractivity contribution < 1.29 is 19.4 Å². The SMILES string of the molecule is COC(=O)c1c(NC2CC2)nn(CC(=O)O)c1N. The molecule has 1 aromatic rings. The van der Waals surface area contributed by atoms with Crippen LogP contribution in [-0.4, -0.2) is 40.0 Å². The summed E-state index contributed by atoms with van der Waals surface area (Å²) in [7, 11) is 1.23. The molecule has 2 rings (SSSR count). The Balaban J connectivity index is 2.35. The second-order valence-corrected chi connectivity index (χ2v) is 4.07. The van der Waals surface area contributed by atoms with E-state index in [9.17, 15) is 9.59 Å². The molecule has 0 saturated heterocycles. The van der Waals surface area contributed by atoms with Crippen molar-refractivity contribution in [2.75, 3.05) is 18.2 Å². The highest BCUT2D eigenvalue weighted by Crippen LogP contribution is 2.29. The zero-order chi connectivity index (χ0) is 13.3. The number of carboxylic acid groups (broad SMARTS) is 1. The van der Waals surface area contributed by atoms with Crippen LogP contribution >= 0.6 is 0 Å². The van der Waals surface area contributed by atoms with Gasteiger partial charge in [0.2, 0.25) is 0 Å². The first kappa shape index (κ1) is 12.2. The molecule has 1 fully saturated rings. The number of methoxy groups -OCH3 is 1. The standard InChI is InChI=1S/C10H14N4O4/c1-18-10(17)7-8(11)14(4-6(15)16)13-9(7)12-5-2-3-5/h5H,2-4,11H2,1H3,(H,12,13)(H,15,16). The van der Waals surface area contributed by atoms with Gasteiger partial charge in [-0.05, 0) is 12.8 Å². The monoisotopic (exact) mass is 254 g/mol. The van der Waals surface area contributed by atoms with Crippen molar-refractivity contribution in [1.29, 1.82) is 0 Å². The maximum Gasteiger partial charge on any atom is 0.345 e. The van der Waals surface area contributed by atoms with Gasteiger partial charge in [-0.3, -0.25) is 4.79 Å². The van der Waals surface area contributed by atoms with E-state index in [2.05, 4.69) is 15.2 Å². The molecule has 0 spiro atoms. The van der Waals surface area contributed by atoms with Crippen molar-refractivity contribution in [3.8, 4) is 0 Å². The molecule has 1 aliphatic rings. The van der Waals surface area contributed by atoms with Crippen molar-refractivity contribution in [2.45, 2.75) is 25.4 Å². The maximum atomic E-state index is 11.6. The predicted molar refractivity (Wildman–Crippen MR) is 62.3 cm³/mol. The van der Waals surface area contributed by atoms with Crippen LogP contribution in [0.25, 0.3) is 0 Å². The number of aliphatic carboxylic acids is 1. The van der Waals surface area contributed by atoms with Crippen LogP contribution in [0.4, 0.5) is 11.6 Å². The van der Waals surface area contributed by atoms with Crippen molar-refractivity contribution in [3.05, 3.63) is 5.56 Å². The fraction of sp³-hybridized carbons (Fsp3) is 0.500. The third kappa shape index (κ3) is 2.36. The van der Waals surface area contributed by atoms with E-state index in [1.807, 2.05) is 0 Å². The molecular weight excluding hydrogens is 240 g/mol. The third-order valence-corrected chi connectivity index (χ3v) is 2.58. The predicted octanol–water partition coefficient (Wildman–Crippen LogP) is -0.0892. The highest BCUT2D eigenvalue weighted by molar-refractivity contribution is 5.99. The van der Waals surface area contributed by atoms with Crippen LogP contribution in [-0.2, 0) is 16.1 Å². The summed E-state index contributed by atoms with van der Waals surface area (Å²) in [5.74, 6) is -1.44. The Morgan fingerprint density at radius 1 is 1.61 bits per heavy atom. The van der Waals surface area contributed by atoms with Crippen LogP contribution < -0.4 is 11.1 Å². The molecule has 0 amide bonds. The number of hydrogen-bond acceptors (Lipinski definition) is 6. The number of carboxylic acids is 1. The molecule has 4 N–H and O–H groups in total. The van der Waals surface area contributed by atoms with E-state index < -0.39 is 18.5 Å². The second-order valence-electron chi connectivity index (χ2n) is 4.07. The molecule has 0 aromatic carbocycles. The van der Waals surface area contributed by atoms with E-state index in [0.29, 0.717) is 0 Å². The molecule has 1 aromatic heterocycles. The van der Waals surface area contributed by atoms with Gasteiger partial charge in [0, 0.05) is 6.04 Å². The molecule has 8 heteroatoms. The van der Waals surface area contributed by atoms with E-state index in [1.165, 1.54) is 7.11 Å². The first-order chi connectivity index (χ1) is 8.52. The fourth-order valence-corrected chi connectivity index (χ4v) is 1.55. The average molecular weight is 254 g/mol. The van der Waals surface area contributed by atoms with Gasteiger partial charge >= 0.3 is 11.9 Å². The van der Waals surface area contributed by atoms with Crippen LogP contribution in [0.2, 0.25) is 0 Å². The van der Waals surface area contributed by atoms with Gasteiger partial charge in [0.1, 0.15) is 17.9 Å². The zero-order valence-corrected chi connectivity index (χ0v) is 9.84. The molecule has 0 bridgehead atoms. The van der Waals surface area contributed by atoms with Gasteiger partial charge in [0.25, 0.3) is 0 Å². The van der Waals surface area contributed by atoms with Crippen molar-refractivity contribution >= 4 is 23.6 Å². The third-order valence-electron chi connectivity index (χ3n) is 2.58. The minimum atomic E-state index is -1.08. The lowest BCUT2D eigenvalue weighted by Crippen LogP contribution is -2.13. The quantitative estimate of drug-likeness (QED) is 0.628. The maximum absolute atomic E-state index is 11.6. The van der Waals surface area contributed by atoms with Gasteiger partial charge in [0.15, 0.2) is 5.82 Å². The first-order valence-electron chi connectivity index (χ1n) is 5.46. The van der Waals surface area contributed by atoms with E-state index in [1.54, 1.807) is 0 Å². The molecule has 8 nitrogen and oxygen atoms in total. The summed E-state index contributed by atoms with van der Waals surface area (Å²) in [6.45, 7) is -0.401. The fourth-order valence-electron chi connectivity index (χ4n) is 1.55. The number of esters is 1. The molecule has 1 heterocycles. The minimum Gasteiger partial charge on any atom is -0.480 e. The van der Waals surface area contributed by atoms with E-state index in [-0.39, 0.29) is 23.2 Å². The molecular formula is C10H14N4O4. The number of ether oxygens (including phenoxy) is 1. The number of nitrogen functional groups attached to an aromatic ring is 1. The summed E-state index contributed by atoms with van der Waals surface area (Å²) in [4.78, 5) is 22.3. The number of nitrogens with two attached hydrogens (primary N) is 1. The van der Waals surface area contributed by atoms with Crippen molar-refractivity contribution in [2.24, 2.45) is 0 Å². The number of carbonyl (C=O) groups is 2. The first-order valence-corrected chi connectivity index (χ1v) is 5.46. The van der Waals surface area contributed by atoms with E-state index in [4.69, 9.17) is 10.8 Å². The Hall–Kier alpha value is -2.25. The Labute approximate surface area is 103 Å².